The summed E-state index contributed by atoms with van der Waals surface area (Å²) in [6.45, 7) is 5.61. The molecule has 21 heavy (non-hydrogen) atoms. The van der Waals surface area contributed by atoms with Crippen LogP contribution in [0.15, 0.2) is 30.3 Å². The van der Waals surface area contributed by atoms with Crippen LogP contribution in [0.3, 0.4) is 0 Å². The molecule has 0 bridgehead atoms. The van der Waals surface area contributed by atoms with E-state index >= 15 is 0 Å². The number of carbonyl (C=O) groups excluding carboxylic acids is 3. The molecule has 0 aliphatic carbocycles. The van der Waals surface area contributed by atoms with Gasteiger partial charge >= 0.3 is 0 Å². The van der Waals surface area contributed by atoms with Crippen molar-refractivity contribution >= 4 is 17.7 Å². The highest BCUT2D eigenvalue weighted by Gasteiger charge is 2.20. The monoisotopic (exact) mass is 291 g/mol. The second kappa shape index (κ2) is 7.42. The molecule has 0 fully saturated rings. The van der Waals surface area contributed by atoms with Crippen LogP contribution in [0.4, 0.5) is 0 Å². The van der Waals surface area contributed by atoms with Crippen LogP contribution in [0.5, 0.6) is 0 Å². The summed E-state index contributed by atoms with van der Waals surface area (Å²) in [7, 11) is 0. The van der Waals surface area contributed by atoms with Gasteiger partial charge in [0.1, 0.15) is 0 Å². The van der Waals surface area contributed by atoms with Crippen LogP contribution >= 0.6 is 0 Å². The molecule has 0 saturated carbocycles. The number of amides is 3. The zero-order chi connectivity index (χ0) is 15.9. The van der Waals surface area contributed by atoms with E-state index in [1.54, 1.807) is 51.1 Å². The van der Waals surface area contributed by atoms with E-state index in [4.69, 9.17) is 0 Å². The lowest BCUT2D eigenvalue weighted by atomic mass is 9.96. The van der Waals surface area contributed by atoms with Gasteiger partial charge in [-0.05, 0) is 12.1 Å². The van der Waals surface area contributed by atoms with Crippen LogP contribution in [0.25, 0.3) is 0 Å². The molecule has 0 radical (unpaired) electrons. The highest BCUT2D eigenvalue weighted by molar-refractivity contribution is 5.95. The van der Waals surface area contributed by atoms with Crippen molar-refractivity contribution in [1.29, 1.82) is 0 Å². The van der Waals surface area contributed by atoms with Gasteiger partial charge in [0.05, 0.1) is 0 Å². The third-order valence-corrected chi connectivity index (χ3v) is 2.67. The van der Waals surface area contributed by atoms with Gasteiger partial charge in [-0.15, -0.1) is 0 Å². The maximum Gasteiger partial charge on any atom is 0.269 e. The number of carbonyl (C=O) groups is 3. The first-order valence-corrected chi connectivity index (χ1v) is 6.73. The Balaban J connectivity index is 2.26. The normalized spacial score (nSPS) is 10.6. The lowest BCUT2D eigenvalue weighted by Gasteiger charge is -2.17. The molecular weight excluding hydrogens is 270 g/mol. The fourth-order valence-corrected chi connectivity index (χ4v) is 1.41. The molecular formula is C15H21N3O3. The van der Waals surface area contributed by atoms with Crippen molar-refractivity contribution < 1.29 is 14.4 Å². The number of hydrogen-bond donors (Lipinski definition) is 3. The fraction of sp³-hybridized carbons (Fsp3) is 0.400. The summed E-state index contributed by atoms with van der Waals surface area (Å²) in [5.74, 6) is -0.875. The average molecular weight is 291 g/mol. The molecule has 114 valence electrons. The van der Waals surface area contributed by atoms with Crippen LogP contribution in [0.1, 0.15) is 37.6 Å². The van der Waals surface area contributed by atoms with Gasteiger partial charge in [-0.25, -0.2) is 0 Å². The van der Waals surface area contributed by atoms with Crippen molar-refractivity contribution in [2.45, 2.75) is 27.2 Å². The molecule has 6 nitrogen and oxygen atoms in total. The van der Waals surface area contributed by atoms with Gasteiger partial charge in [0.15, 0.2) is 0 Å². The van der Waals surface area contributed by atoms with E-state index < -0.39 is 5.41 Å². The van der Waals surface area contributed by atoms with Gasteiger partial charge < -0.3 is 5.32 Å². The summed E-state index contributed by atoms with van der Waals surface area (Å²) in [4.78, 5) is 34.8. The Morgan fingerprint density at radius 1 is 1.00 bits per heavy atom. The predicted octanol–water partition coefficient (Wildman–Crippen LogP) is 1.00. The molecule has 1 aromatic rings. The number of hydrogen-bond acceptors (Lipinski definition) is 3. The van der Waals surface area contributed by atoms with Crippen LogP contribution < -0.4 is 16.2 Å². The van der Waals surface area contributed by atoms with Crippen LogP contribution in [-0.4, -0.2) is 24.3 Å². The minimum Gasteiger partial charge on any atom is -0.355 e. The number of benzene rings is 1. The largest absolute Gasteiger partial charge is 0.355 e. The predicted molar refractivity (Wildman–Crippen MR) is 79.1 cm³/mol. The molecule has 0 unspecified atom stereocenters. The second-order valence-corrected chi connectivity index (χ2v) is 5.62. The van der Waals surface area contributed by atoms with Gasteiger partial charge in [0, 0.05) is 23.9 Å². The second-order valence-electron chi connectivity index (χ2n) is 5.62. The van der Waals surface area contributed by atoms with Crippen LogP contribution in [0.2, 0.25) is 0 Å². The van der Waals surface area contributed by atoms with Crippen molar-refractivity contribution in [1.82, 2.24) is 16.2 Å². The van der Waals surface area contributed by atoms with Gasteiger partial charge in [-0.2, -0.15) is 0 Å². The Morgan fingerprint density at radius 3 is 2.19 bits per heavy atom. The minimum atomic E-state index is -0.488. The van der Waals surface area contributed by atoms with Gasteiger partial charge in [0.25, 0.3) is 5.91 Å². The van der Waals surface area contributed by atoms with E-state index in [1.165, 1.54) is 0 Å². The molecule has 1 aromatic carbocycles. The summed E-state index contributed by atoms with van der Waals surface area (Å²) in [5.41, 5.74) is 4.59. The number of nitrogens with one attached hydrogen (secondary N) is 3. The van der Waals surface area contributed by atoms with Crippen LogP contribution in [0, 0.1) is 5.41 Å². The molecule has 0 heterocycles. The molecule has 0 spiro atoms. The van der Waals surface area contributed by atoms with Gasteiger partial charge in [0.2, 0.25) is 11.8 Å². The van der Waals surface area contributed by atoms with E-state index in [-0.39, 0.29) is 30.7 Å². The summed E-state index contributed by atoms with van der Waals surface area (Å²) in [5, 5.41) is 2.66. The molecule has 0 aliphatic rings. The Hall–Kier alpha value is -2.37. The molecule has 0 atom stereocenters. The van der Waals surface area contributed by atoms with Crippen molar-refractivity contribution in [2.24, 2.45) is 5.41 Å². The summed E-state index contributed by atoms with van der Waals surface area (Å²) >= 11 is 0. The van der Waals surface area contributed by atoms with Crippen molar-refractivity contribution in [2.75, 3.05) is 6.54 Å². The van der Waals surface area contributed by atoms with E-state index in [0.717, 1.165) is 0 Å². The van der Waals surface area contributed by atoms with E-state index in [1.807, 2.05) is 0 Å². The standard InChI is InChI=1S/C15H21N3O3/c1-15(2,3)14(21)16-10-9-12(19)17-18-13(20)11-7-5-4-6-8-11/h4-8H,9-10H2,1-3H3,(H,16,21)(H,17,19)(H,18,20). The molecule has 0 saturated heterocycles. The first-order chi connectivity index (χ1) is 9.80. The molecule has 0 aliphatic heterocycles. The average Bonchev–Trinajstić information content (AvgIpc) is 2.44. The zero-order valence-electron chi connectivity index (χ0n) is 12.5. The Morgan fingerprint density at radius 2 is 1.62 bits per heavy atom. The lowest BCUT2D eigenvalue weighted by Crippen LogP contribution is -2.43. The maximum absolute atomic E-state index is 11.7. The first kappa shape index (κ1) is 16.7. The smallest absolute Gasteiger partial charge is 0.269 e. The first-order valence-electron chi connectivity index (χ1n) is 6.73. The third-order valence-electron chi connectivity index (χ3n) is 2.67. The Labute approximate surface area is 124 Å². The Kier molecular flexibility index (Phi) is 5.90. The maximum atomic E-state index is 11.7. The molecule has 1 rings (SSSR count). The SMILES string of the molecule is CC(C)(C)C(=O)NCCC(=O)NNC(=O)c1ccccc1. The van der Waals surface area contributed by atoms with Crippen molar-refractivity contribution in [3.05, 3.63) is 35.9 Å². The van der Waals surface area contributed by atoms with E-state index in [0.29, 0.717) is 5.56 Å². The van der Waals surface area contributed by atoms with E-state index in [2.05, 4.69) is 16.2 Å². The topological polar surface area (TPSA) is 87.3 Å². The number of rotatable bonds is 4. The fourth-order valence-electron chi connectivity index (χ4n) is 1.41. The number of hydrazine groups is 1. The molecule has 3 N–H and O–H groups in total. The zero-order valence-corrected chi connectivity index (χ0v) is 12.5. The molecule has 6 heteroatoms. The summed E-state index contributed by atoms with van der Waals surface area (Å²) in [6, 6.07) is 8.56. The highest BCUT2D eigenvalue weighted by atomic mass is 16.2. The lowest BCUT2D eigenvalue weighted by molar-refractivity contribution is -0.128. The third kappa shape index (κ3) is 6.07. The van der Waals surface area contributed by atoms with Gasteiger partial charge in [-0.1, -0.05) is 39.0 Å². The van der Waals surface area contributed by atoms with Gasteiger partial charge in [-0.3, -0.25) is 25.2 Å². The summed E-state index contributed by atoms with van der Waals surface area (Å²) < 4.78 is 0. The highest BCUT2D eigenvalue weighted by Crippen LogP contribution is 2.11. The van der Waals surface area contributed by atoms with Crippen molar-refractivity contribution in [3.8, 4) is 0 Å². The summed E-state index contributed by atoms with van der Waals surface area (Å²) in [6.07, 6.45) is 0.0941. The quantitative estimate of drug-likeness (QED) is 0.723. The van der Waals surface area contributed by atoms with E-state index in [9.17, 15) is 14.4 Å². The van der Waals surface area contributed by atoms with Crippen LogP contribution in [-0.2, 0) is 9.59 Å². The Bertz CT molecular complexity index is 507. The minimum absolute atomic E-state index is 0.0941. The molecule has 0 aromatic heterocycles. The molecule has 3 amide bonds. The van der Waals surface area contributed by atoms with Crippen molar-refractivity contribution in [3.63, 3.8) is 0 Å².